The van der Waals surface area contributed by atoms with Gasteiger partial charge >= 0.3 is 0 Å². The number of nitrogens with two attached hydrogens (primary N) is 1. The minimum absolute atomic E-state index is 0.256. The molecule has 0 spiro atoms. The van der Waals surface area contributed by atoms with Crippen LogP contribution < -0.4 is 5.73 Å². The Hall–Kier alpha value is -0.340. The van der Waals surface area contributed by atoms with Crippen molar-refractivity contribution < 1.29 is 0 Å². The van der Waals surface area contributed by atoms with Crippen LogP contribution in [0.4, 0.5) is 0 Å². The van der Waals surface area contributed by atoms with E-state index in [0.717, 1.165) is 5.92 Å². The van der Waals surface area contributed by atoms with Gasteiger partial charge in [-0.1, -0.05) is 28.1 Å². The topological polar surface area (TPSA) is 26.0 Å². The second-order valence-corrected chi connectivity index (χ2v) is 4.73. The number of halogens is 1. The summed E-state index contributed by atoms with van der Waals surface area (Å²) >= 11 is 3.49. The second kappa shape index (κ2) is 3.43. The standard InChI is InChI=1S/C11H14BrN/c1-7-6-9(4-5-10(7)12)11(13)8-2-3-8/h4-6,8,11H,2-3,13H2,1H3/t11-/m0/s1. The number of benzene rings is 1. The zero-order chi connectivity index (χ0) is 9.42. The number of hydrogen-bond acceptors (Lipinski definition) is 1. The van der Waals surface area contributed by atoms with Crippen molar-refractivity contribution in [2.75, 3.05) is 0 Å². The molecule has 0 aromatic heterocycles. The first kappa shape index (κ1) is 9.22. The third-order valence-corrected chi connectivity index (χ3v) is 3.59. The van der Waals surface area contributed by atoms with E-state index in [1.807, 2.05) is 0 Å². The highest BCUT2D eigenvalue weighted by Crippen LogP contribution is 2.39. The van der Waals surface area contributed by atoms with Crippen molar-refractivity contribution in [3.8, 4) is 0 Å². The van der Waals surface area contributed by atoms with E-state index in [9.17, 15) is 0 Å². The average molecular weight is 240 g/mol. The molecule has 0 saturated heterocycles. The van der Waals surface area contributed by atoms with E-state index >= 15 is 0 Å². The number of hydrogen-bond donors (Lipinski definition) is 1. The highest BCUT2D eigenvalue weighted by molar-refractivity contribution is 9.10. The molecule has 1 nitrogen and oxygen atoms in total. The molecule has 0 amide bonds. The molecule has 0 bridgehead atoms. The largest absolute Gasteiger partial charge is 0.324 e. The van der Waals surface area contributed by atoms with Crippen LogP contribution in [0.3, 0.4) is 0 Å². The predicted molar refractivity (Wildman–Crippen MR) is 58.5 cm³/mol. The molecule has 2 rings (SSSR count). The van der Waals surface area contributed by atoms with Gasteiger partial charge in [0.05, 0.1) is 0 Å². The fourth-order valence-electron chi connectivity index (χ4n) is 1.60. The molecule has 0 radical (unpaired) electrons. The van der Waals surface area contributed by atoms with Gasteiger partial charge < -0.3 is 5.73 Å². The lowest BCUT2D eigenvalue weighted by Crippen LogP contribution is -2.12. The Kier molecular flexibility index (Phi) is 2.43. The quantitative estimate of drug-likeness (QED) is 0.844. The Morgan fingerprint density at radius 3 is 2.69 bits per heavy atom. The summed E-state index contributed by atoms with van der Waals surface area (Å²) in [5.74, 6) is 0.737. The zero-order valence-electron chi connectivity index (χ0n) is 7.76. The molecular formula is C11H14BrN. The van der Waals surface area contributed by atoms with Gasteiger partial charge in [0.2, 0.25) is 0 Å². The molecule has 70 valence electrons. The van der Waals surface area contributed by atoms with Crippen molar-refractivity contribution >= 4 is 15.9 Å². The van der Waals surface area contributed by atoms with Gasteiger partial charge in [0.1, 0.15) is 0 Å². The summed E-state index contributed by atoms with van der Waals surface area (Å²) in [4.78, 5) is 0. The van der Waals surface area contributed by atoms with Gasteiger partial charge in [-0.3, -0.25) is 0 Å². The van der Waals surface area contributed by atoms with Gasteiger partial charge in [-0.25, -0.2) is 0 Å². The van der Waals surface area contributed by atoms with Crippen molar-refractivity contribution in [3.63, 3.8) is 0 Å². The average Bonchev–Trinajstić information content (AvgIpc) is 2.91. The predicted octanol–water partition coefficient (Wildman–Crippen LogP) is 3.17. The van der Waals surface area contributed by atoms with Crippen molar-refractivity contribution in [2.45, 2.75) is 25.8 Å². The monoisotopic (exact) mass is 239 g/mol. The van der Waals surface area contributed by atoms with Crippen molar-refractivity contribution in [3.05, 3.63) is 33.8 Å². The van der Waals surface area contributed by atoms with E-state index in [-0.39, 0.29) is 6.04 Å². The highest BCUT2D eigenvalue weighted by Gasteiger charge is 2.29. The second-order valence-electron chi connectivity index (χ2n) is 3.87. The van der Waals surface area contributed by atoms with E-state index in [0.29, 0.717) is 0 Å². The lowest BCUT2D eigenvalue weighted by Gasteiger charge is -2.11. The molecule has 2 N–H and O–H groups in total. The summed E-state index contributed by atoms with van der Waals surface area (Å²) < 4.78 is 1.17. The minimum Gasteiger partial charge on any atom is -0.324 e. The number of aryl methyl sites for hydroxylation is 1. The van der Waals surface area contributed by atoms with Crippen LogP contribution >= 0.6 is 15.9 Å². The molecule has 0 aliphatic heterocycles. The van der Waals surface area contributed by atoms with Crippen molar-refractivity contribution in [1.29, 1.82) is 0 Å². The maximum Gasteiger partial charge on any atom is 0.0323 e. The fraction of sp³-hybridized carbons (Fsp3) is 0.455. The van der Waals surface area contributed by atoms with E-state index in [2.05, 4.69) is 41.1 Å². The van der Waals surface area contributed by atoms with Gasteiger partial charge in [-0.2, -0.15) is 0 Å². The molecule has 1 aliphatic rings. The van der Waals surface area contributed by atoms with Crippen LogP contribution in [0.5, 0.6) is 0 Å². The third kappa shape index (κ3) is 1.94. The Morgan fingerprint density at radius 2 is 2.15 bits per heavy atom. The van der Waals surface area contributed by atoms with Crippen LogP contribution in [0.1, 0.15) is 30.0 Å². The van der Waals surface area contributed by atoms with E-state index < -0.39 is 0 Å². The Bertz CT molecular complexity index is 318. The van der Waals surface area contributed by atoms with Crippen LogP contribution in [0, 0.1) is 12.8 Å². The number of rotatable bonds is 2. The molecule has 2 heteroatoms. The van der Waals surface area contributed by atoms with Crippen LogP contribution in [-0.2, 0) is 0 Å². The summed E-state index contributed by atoms with van der Waals surface area (Å²) in [6.07, 6.45) is 2.60. The van der Waals surface area contributed by atoms with Gasteiger partial charge in [0.25, 0.3) is 0 Å². The molecular weight excluding hydrogens is 226 g/mol. The third-order valence-electron chi connectivity index (χ3n) is 2.70. The smallest absolute Gasteiger partial charge is 0.0323 e. The summed E-state index contributed by atoms with van der Waals surface area (Å²) in [6.45, 7) is 2.10. The van der Waals surface area contributed by atoms with E-state index in [4.69, 9.17) is 5.73 Å². The maximum atomic E-state index is 6.10. The van der Waals surface area contributed by atoms with Crippen LogP contribution in [0.15, 0.2) is 22.7 Å². The Labute approximate surface area is 87.5 Å². The first-order chi connectivity index (χ1) is 6.18. The molecule has 0 unspecified atom stereocenters. The SMILES string of the molecule is Cc1cc([C@@H](N)C2CC2)ccc1Br. The normalized spacial score (nSPS) is 18.7. The lowest BCUT2D eigenvalue weighted by molar-refractivity contribution is 0.633. The van der Waals surface area contributed by atoms with E-state index in [1.54, 1.807) is 0 Å². The van der Waals surface area contributed by atoms with Crippen molar-refractivity contribution in [1.82, 2.24) is 0 Å². The summed E-state index contributed by atoms with van der Waals surface area (Å²) in [6, 6.07) is 6.66. The van der Waals surface area contributed by atoms with E-state index in [1.165, 1.54) is 28.4 Å². The first-order valence-electron chi connectivity index (χ1n) is 4.70. The maximum absolute atomic E-state index is 6.10. The molecule has 1 aliphatic carbocycles. The lowest BCUT2D eigenvalue weighted by atomic mass is 10.0. The highest BCUT2D eigenvalue weighted by atomic mass is 79.9. The van der Waals surface area contributed by atoms with Gasteiger partial charge in [-0.05, 0) is 42.9 Å². The Morgan fingerprint density at radius 1 is 1.46 bits per heavy atom. The first-order valence-corrected chi connectivity index (χ1v) is 5.49. The molecule has 1 aromatic carbocycles. The van der Waals surface area contributed by atoms with Gasteiger partial charge in [0, 0.05) is 10.5 Å². The molecule has 1 saturated carbocycles. The van der Waals surface area contributed by atoms with Crippen LogP contribution in [0.2, 0.25) is 0 Å². The molecule has 13 heavy (non-hydrogen) atoms. The molecule has 0 heterocycles. The van der Waals surface area contributed by atoms with Crippen LogP contribution in [0.25, 0.3) is 0 Å². The van der Waals surface area contributed by atoms with Gasteiger partial charge in [-0.15, -0.1) is 0 Å². The van der Waals surface area contributed by atoms with Crippen molar-refractivity contribution in [2.24, 2.45) is 11.7 Å². The van der Waals surface area contributed by atoms with Crippen LogP contribution in [-0.4, -0.2) is 0 Å². The summed E-state index contributed by atoms with van der Waals surface area (Å²) in [5, 5.41) is 0. The molecule has 1 fully saturated rings. The fourth-order valence-corrected chi connectivity index (χ4v) is 1.85. The zero-order valence-corrected chi connectivity index (χ0v) is 9.34. The summed E-state index contributed by atoms with van der Waals surface area (Å²) in [7, 11) is 0. The van der Waals surface area contributed by atoms with Gasteiger partial charge in [0.15, 0.2) is 0 Å². The molecule has 1 atom stereocenters. The summed E-state index contributed by atoms with van der Waals surface area (Å²) in [5.41, 5.74) is 8.66. The molecule has 1 aromatic rings. The minimum atomic E-state index is 0.256. The Balaban J connectivity index is 2.24.